The first-order valence-electron chi connectivity index (χ1n) is 7.55. The fraction of sp³-hybridized carbons (Fsp3) is 0.562. The lowest BCUT2D eigenvalue weighted by molar-refractivity contribution is 0.293. The van der Waals surface area contributed by atoms with Crippen molar-refractivity contribution in [3.8, 4) is 0 Å². The molecule has 0 amide bonds. The second-order valence-corrected chi connectivity index (χ2v) is 6.22. The Morgan fingerprint density at radius 1 is 1.25 bits per heavy atom. The van der Waals surface area contributed by atoms with E-state index in [1.54, 1.807) is 0 Å². The van der Waals surface area contributed by atoms with E-state index in [9.17, 15) is 0 Å². The van der Waals surface area contributed by atoms with E-state index in [2.05, 4.69) is 59.4 Å². The third-order valence-electron chi connectivity index (χ3n) is 3.52. The van der Waals surface area contributed by atoms with Gasteiger partial charge >= 0.3 is 0 Å². The first kappa shape index (κ1) is 15.4. The van der Waals surface area contributed by atoms with Crippen LogP contribution in [0.1, 0.15) is 31.1 Å². The predicted molar refractivity (Wildman–Crippen MR) is 89.5 cm³/mol. The second-order valence-electron chi connectivity index (χ2n) is 5.02. The summed E-state index contributed by atoms with van der Waals surface area (Å²) in [6, 6.07) is 10.7. The maximum absolute atomic E-state index is 4.61. The molecule has 1 N–H and O–H groups in total. The van der Waals surface area contributed by atoms with Crippen molar-refractivity contribution in [1.82, 2.24) is 10.2 Å². The van der Waals surface area contributed by atoms with Gasteiger partial charge in [0.2, 0.25) is 0 Å². The Labute approximate surface area is 126 Å². The molecule has 0 bridgehead atoms. The van der Waals surface area contributed by atoms with Crippen molar-refractivity contribution in [2.75, 3.05) is 32.7 Å². The zero-order valence-corrected chi connectivity index (χ0v) is 13.3. The van der Waals surface area contributed by atoms with Crippen molar-refractivity contribution in [2.24, 2.45) is 4.99 Å². The van der Waals surface area contributed by atoms with Crippen LogP contribution in [0.4, 0.5) is 0 Å². The molecule has 4 heteroatoms. The van der Waals surface area contributed by atoms with Gasteiger partial charge in [-0.15, -0.1) is 0 Å². The third-order valence-corrected chi connectivity index (χ3v) is 4.72. The van der Waals surface area contributed by atoms with E-state index >= 15 is 0 Å². The molecule has 1 aromatic carbocycles. The first-order valence-corrected chi connectivity index (χ1v) is 8.43. The Morgan fingerprint density at radius 3 is 2.75 bits per heavy atom. The molecule has 1 aliphatic rings. The second kappa shape index (κ2) is 8.32. The Kier molecular flexibility index (Phi) is 6.40. The predicted octanol–water partition coefficient (Wildman–Crippen LogP) is 3.15. The van der Waals surface area contributed by atoms with Crippen LogP contribution in [-0.2, 0) is 0 Å². The molecule has 0 aliphatic carbocycles. The van der Waals surface area contributed by atoms with Crippen LogP contribution in [0.15, 0.2) is 35.3 Å². The maximum Gasteiger partial charge on any atom is 0.157 e. The zero-order valence-electron chi connectivity index (χ0n) is 12.5. The van der Waals surface area contributed by atoms with Gasteiger partial charge < -0.3 is 10.2 Å². The molecule has 1 unspecified atom stereocenters. The lowest BCUT2D eigenvalue weighted by Gasteiger charge is -2.19. The summed E-state index contributed by atoms with van der Waals surface area (Å²) in [6.07, 6.45) is 1.22. The van der Waals surface area contributed by atoms with E-state index in [4.69, 9.17) is 0 Å². The zero-order chi connectivity index (χ0) is 14.2. The van der Waals surface area contributed by atoms with Gasteiger partial charge in [-0.2, -0.15) is 0 Å². The molecule has 1 aromatic rings. The van der Waals surface area contributed by atoms with Gasteiger partial charge in [0, 0.05) is 13.1 Å². The maximum atomic E-state index is 4.61. The molecule has 0 radical (unpaired) electrons. The van der Waals surface area contributed by atoms with E-state index in [-0.39, 0.29) is 0 Å². The van der Waals surface area contributed by atoms with Crippen molar-refractivity contribution < 1.29 is 0 Å². The smallest absolute Gasteiger partial charge is 0.157 e. The normalized spacial score (nSPS) is 18.4. The average molecular weight is 291 g/mol. The van der Waals surface area contributed by atoms with Gasteiger partial charge in [-0.25, -0.2) is 0 Å². The highest BCUT2D eigenvalue weighted by Crippen LogP contribution is 2.33. The summed E-state index contributed by atoms with van der Waals surface area (Å²) in [5.74, 6) is 0. The fourth-order valence-corrected chi connectivity index (χ4v) is 3.43. The summed E-state index contributed by atoms with van der Waals surface area (Å²) in [5, 5.41) is 5.06. The molecular weight excluding hydrogens is 266 g/mol. The van der Waals surface area contributed by atoms with Gasteiger partial charge in [-0.05, 0) is 25.1 Å². The quantitative estimate of drug-likeness (QED) is 0.836. The molecule has 0 aromatic heterocycles. The number of amidine groups is 1. The summed E-state index contributed by atoms with van der Waals surface area (Å²) in [7, 11) is 0. The Bertz CT molecular complexity index is 419. The molecular formula is C16H25N3S. The minimum Gasteiger partial charge on any atom is -0.364 e. The largest absolute Gasteiger partial charge is 0.364 e. The number of rotatable bonds is 7. The number of nitrogens with zero attached hydrogens (tertiary/aromatic N) is 2. The first-order chi connectivity index (χ1) is 9.83. The molecule has 110 valence electrons. The highest BCUT2D eigenvalue weighted by molar-refractivity contribution is 8.14. The number of benzene rings is 1. The fourth-order valence-electron chi connectivity index (χ4n) is 2.38. The molecule has 1 heterocycles. The number of likely N-dealkylation sites (N-methyl/N-ethyl adjacent to an activating group) is 1. The lowest BCUT2D eigenvalue weighted by Crippen LogP contribution is -2.34. The van der Waals surface area contributed by atoms with Crippen molar-refractivity contribution in [3.63, 3.8) is 0 Å². The van der Waals surface area contributed by atoms with Crippen molar-refractivity contribution >= 4 is 16.9 Å². The summed E-state index contributed by atoms with van der Waals surface area (Å²) in [4.78, 5) is 7.09. The van der Waals surface area contributed by atoms with E-state index in [1.807, 2.05) is 11.8 Å². The highest BCUT2D eigenvalue weighted by atomic mass is 32.2. The Morgan fingerprint density at radius 2 is 2.05 bits per heavy atom. The minimum absolute atomic E-state index is 0.483. The molecule has 1 atom stereocenters. The van der Waals surface area contributed by atoms with E-state index in [0.717, 1.165) is 31.3 Å². The van der Waals surface area contributed by atoms with Gasteiger partial charge in [0.25, 0.3) is 0 Å². The standard InChI is InChI=1S/C16H25N3S/c1-3-11-19(4-2)12-10-17-16-18-13-15(20-16)14-8-6-5-7-9-14/h5-9,15H,3-4,10-13H2,1-2H3,(H,17,18). The van der Waals surface area contributed by atoms with Crippen LogP contribution < -0.4 is 5.32 Å². The molecule has 2 rings (SSSR count). The summed E-state index contributed by atoms with van der Waals surface area (Å²) >= 11 is 1.86. The van der Waals surface area contributed by atoms with Crippen LogP contribution in [0.3, 0.4) is 0 Å². The number of aliphatic imine (C=N–C) groups is 1. The number of hydrogen-bond acceptors (Lipinski definition) is 4. The monoisotopic (exact) mass is 291 g/mol. The lowest BCUT2D eigenvalue weighted by atomic mass is 10.1. The number of thioether (sulfide) groups is 1. The Balaban J connectivity index is 1.71. The van der Waals surface area contributed by atoms with Gasteiger partial charge in [-0.3, -0.25) is 4.99 Å². The van der Waals surface area contributed by atoms with Gasteiger partial charge in [-0.1, -0.05) is 55.9 Å². The van der Waals surface area contributed by atoms with Crippen LogP contribution in [0.25, 0.3) is 0 Å². The summed E-state index contributed by atoms with van der Waals surface area (Å²) in [5.41, 5.74) is 1.37. The van der Waals surface area contributed by atoms with Gasteiger partial charge in [0.15, 0.2) is 5.17 Å². The van der Waals surface area contributed by atoms with Crippen molar-refractivity contribution in [1.29, 1.82) is 0 Å². The van der Waals surface area contributed by atoms with Crippen LogP contribution in [-0.4, -0.2) is 42.8 Å². The summed E-state index contributed by atoms with van der Waals surface area (Å²) < 4.78 is 0. The van der Waals surface area contributed by atoms with E-state index in [0.29, 0.717) is 5.25 Å². The average Bonchev–Trinajstić information content (AvgIpc) is 2.96. The number of hydrogen-bond donors (Lipinski definition) is 1. The van der Waals surface area contributed by atoms with Crippen molar-refractivity contribution in [2.45, 2.75) is 25.5 Å². The third kappa shape index (κ3) is 4.53. The van der Waals surface area contributed by atoms with Gasteiger partial charge in [0.05, 0.1) is 11.8 Å². The van der Waals surface area contributed by atoms with Crippen LogP contribution >= 0.6 is 11.8 Å². The molecule has 0 saturated heterocycles. The molecule has 0 spiro atoms. The van der Waals surface area contributed by atoms with Crippen LogP contribution in [0, 0.1) is 0 Å². The topological polar surface area (TPSA) is 27.6 Å². The molecule has 1 aliphatic heterocycles. The highest BCUT2D eigenvalue weighted by Gasteiger charge is 2.20. The molecule has 0 saturated carbocycles. The minimum atomic E-state index is 0.483. The molecule has 20 heavy (non-hydrogen) atoms. The van der Waals surface area contributed by atoms with Gasteiger partial charge in [0.1, 0.15) is 0 Å². The molecule has 3 nitrogen and oxygen atoms in total. The SMILES string of the molecule is CCCN(CC)CCNC1=NCC(c2ccccc2)S1. The molecule has 0 fully saturated rings. The van der Waals surface area contributed by atoms with Crippen molar-refractivity contribution in [3.05, 3.63) is 35.9 Å². The van der Waals surface area contributed by atoms with Crippen LogP contribution in [0.2, 0.25) is 0 Å². The Hall–Kier alpha value is -1.00. The van der Waals surface area contributed by atoms with E-state index < -0.39 is 0 Å². The number of nitrogens with one attached hydrogen (secondary N) is 1. The summed E-state index contributed by atoms with van der Waals surface area (Å²) in [6.45, 7) is 9.75. The van der Waals surface area contributed by atoms with E-state index in [1.165, 1.54) is 18.5 Å². The van der Waals surface area contributed by atoms with Crippen LogP contribution in [0.5, 0.6) is 0 Å².